The Labute approximate surface area is 128 Å². The summed E-state index contributed by atoms with van der Waals surface area (Å²) in [6.07, 6.45) is 6.82. The number of nitrogens with one attached hydrogen (secondary N) is 1. The van der Waals surface area contributed by atoms with Crippen molar-refractivity contribution in [2.75, 3.05) is 6.79 Å². The van der Waals surface area contributed by atoms with Crippen LogP contribution in [0.5, 0.6) is 11.5 Å². The molecule has 1 aromatic carbocycles. The van der Waals surface area contributed by atoms with Gasteiger partial charge in [-0.1, -0.05) is 32.8 Å². The van der Waals surface area contributed by atoms with E-state index in [4.69, 9.17) is 9.47 Å². The average molecular weight is 289 g/mol. The molecular formula is C18H27NO2. The first-order chi connectivity index (χ1) is 10.2. The molecule has 0 amide bonds. The maximum Gasteiger partial charge on any atom is 0.231 e. The fraction of sp³-hybridized carbons (Fsp3) is 0.667. The molecule has 1 N–H and O–H groups in total. The second-order valence-corrected chi connectivity index (χ2v) is 6.93. The second-order valence-electron chi connectivity index (χ2n) is 6.93. The number of hydrogen-bond acceptors (Lipinski definition) is 3. The van der Waals surface area contributed by atoms with E-state index in [1.165, 1.54) is 37.7 Å². The minimum Gasteiger partial charge on any atom is -0.454 e. The van der Waals surface area contributed by atoms with Crippen LogP contribution in [0.1, 0.15) is 51.5 Å². The lowest BCUT2D eigenvalue weighted by Crippen LogP contribution is -2.34. The van der Waals surface area contributed by atoms with Crippen molar-refractivity contribution in [3.8, 4) is 11.5 Å². The van der Waals surface area contributed by atoms with E-state index in [1.807, 2.05) is 6.07 Å². The SMILES string of the molecule is CC(C)CC1CCCC(NCc2ccc3c(c2)OCO3)C1. The maximum absolute atomic E-state index is 5.44. The second kappa shape index (κ2) is 6.69. The van der Waals surface area contributed by atoms with E-state index in [0.29, 0.717) is 12.8 Å². The Kier molecular flexibility index (Phi) is 4.69. The van der Waals surface area contributed by atoms with Crippen molar-refractivity contribution in [1.82, 2.24) is 5.32 Å². The summed E-state index contributed by atoms with van der Waals surface area (Å²) in [5.41, 5.74) is 1.28. The smallest absolute Gasteiger partial charge is 0.231 e. The van der Waals surface area contributed by atoms with Gasteiger partial charge in [-0.15, -0.1) is 0 Å². The Morgan fingerprint density at radius 3 is 2.90 bits per heavy atom. The van der Waals surface area contributed by atoms with Crippen LogP contribution < -0.4 is 14.8 Å². The topological polar surface area (TPSA) is 30.5 Å². The van der Waals surface area contributed by atoms with Crippen LogP contribution in [0, 0.1) is 11.8 Å². The molecule has 2 atom stereocenters. The van der Waals surface area contributed by atoms with Crippen LogP contribution in [-0.2, 0) is 6.54 Å². The lowest BCUT2D eigenvalue weighted by molar-refractivity contribution is 0.174. The molecule has 3 heteroatoms. The van der Waals surface area contributed by atoms with Crippen LogP contribution in [0.15, 0.2) is 18.2 Å². The molecule has 2 unspecified atom stereocenters. The molecule has 1 fully saturated rings. The molecule has 1 aromatic rings. The molecule has 116 valence electrons. The summed E-state index contributed by atoms with van der Waals surface area (Å²) in [5, 5.41) is 3.74. The van der Waals surface area contributed by atoms with E-state index in [1.54, 1.807) is 0 Å². The zero-order chi connectivity index (χ0) is 14.7. The van der Waals surface area contributed by atoms with Crippen LogP contribution in [-0.4, -0.2) is 12.8 Å². The largest absolute Gasteiger partial charge is 0.454 e. The van der Waals surface area contributed by atoms with Crippen LogP contribution in [0.2, 0.25) is 0 Å². The number of fused-ring (bicyclic) bond motifs is 1. The molecule has 3 nitrogen and oxygen atoms in total. The normalized spacial score (nSPS) is 24.5. The van der Waals surface area contributed by atoms with Gasteiger partial charge in [-0.2, -0.15) is 0 Å². The van der Waals surface area contributed by atoms with E-state index in [-0.39, 0.29) is 0 Å². The zero-order valence-electron chi connectivity index (χ0n) is 13.2. The van der Waals surface area contributed by atoms with Gasteiger partial charge in [-0.25, -0.2) is 0 Å². The van der Waals surface area contributed by atoms with Crippen molar-refractivity contribution in [2.45, 2.75) is 58.5 Å². The fourth-order valence-electron chi connectivity index (χ4n) is 3.67. The van der Waals surface area contributed by atoms with Gasteiger partial charge in [0.2, 0.25) is 6.79 Å². The minimum atomic E-state index is 0.353. The monoisotopic (exact) mass is 289 g/mol. The van der Waals surface area contributed by atoms with Crippen molar-refractivity contribution in [3.63, 3.8) is 0 Å². The highest BCUT2D eigenvalue weighted by Gasteiger charge is 2.22. The molecule has 0 bridgehead atoms. The van der Waals surface area contributed by atoms with Gasteiger partial charge in [0.15, 0.2) is 11.5 Å². The molecule has 1 aliphatic carbocycles. The molecule has 0 aromatic heterocycles. The van der Waals surface area contributed by atoms with Gasteiger partial charge in [0.25, 0.3) is 0 Å². The van der Waals surface area contributed by atoms with Crippen LogP contribution in [0.25, 0.3) is 0 Å². The van der Waals surface area contributed by atoms with Gasteiger partial charge < -0.3 is 14.8 Å². The molecule has 2 aliphatic rings. The number of ether oxygens (including phenoxy) is 2. The van der Waals surface area contributed by atoms with E-state index in [0.717, 1.165) is 29.9 Å². The van der Waals surface area contributed by atoms with Gasteiger partial charge in [0.05, 0.1) is 0 Å². The molecule has 1 heterocycles. The third-order valence-electron chi connectivity index (χ3n) is 4.62. The highest BCUT2D eigenvalue weighted by molar-refractivity contribution is 5.44. The first kappa shape index (κ1) is 14.7. The summed E-state index contributed by atoms with van der Waals surface area (Å²) < 4.78 is 10.8. The lowest BCUT2D eigenvalue weighted by atomic mass is 9.81. The van der Waals surface area contributed by atoms with Crippen LogP contribution in [0.3, 0.4) is 0 Å². The highest BCUT2D eigenvalue weighted by atomic mass is 16.7. The lowest BCUT2D eigenvalue weighted by Gasteiger charge is -2.31. The Balaban J connectivity index is 1.50. The van der Waals surface area contributed by atoms with Crippen molar-refractivity contribution >= 4 is 0 Å². The third-order valence-corrected chi connectivity index (χ3v) is 4.62. The Morgan fingerprint density at radius 1 is 1.19 bits per heavy atom. The summed E-state index contributed by atoms with van der Waals surface area (Å²) in [7, 11) is 0. The number of hydrogen-bond donors (Lipinski definition) is 1. The van der Waals surface area contributed by atoms with Crippen molar-refractivity contribution in [2.24, 2.45) is 11.8 Å². The number of benzene rings is 1. The molecule has 1 aliphatic heterocycles. The van der Waals surface area contributed by atoms with E-state index >= 15 is 0 Å². The Morgan fingerprint density at radius 2 is 2.05 bits per heavy atom. The predicted molar refractivity (Wildman–Crippen MR) is 84.6 cm³/mol. The van der Waals surface area contributed by atoms with Gasteiger partial charge in [-0.3, -0.25) is 0 Å². The minimum absolute atomic E-state index is 0.353. The summed E-state index contributed by atoms with van der Waals surface area (Å²) in [6, 6.07) is 6.92. The first-order valence-corrected chi connectivity index (χ1v) is 8.32. The Hall–Kier alpha value is -1.22. The van der Waals surface area contributed by atoms with Gasteiger partial charge in [-0.05, 0) is 48.8 Å². The van der Waals surface area contributed by atoms with Gasteiger partial charge in [0, 0.05) is 12.6 Å². The average Bonchev–Trinajstić information content (AvgIpc) is 2.92. The molecule has 0 spiro atoms. The van der Waals surface area contributed by atoms with Gasteiger partial charge in [0.1, 0.15) is 0 Å². The maximum atomic E-state index is 5.44. The standard InChI is InChI=1S/C18H27NO2/c1-13(2)8-14-4-3-5-16(9-14)19-11-15-6-7-17-18(10-15)21-12-20-17/h6-7,10,13-14,16,19H,3-5,8-9,11-12H2,1-2H3. The molecule has 21 heavy (non-hydrogen) atoms. The number of rotatable bonds is 5. The zero-order valence-corrected chi connectivity index (χ0v) is 13.2. The predicted octanol–water partition coefficient (Wildman–Crippen LogP) is 4.11. The summed E-state index contributed by atoms with van der Waals surface area (Å²) in [4.78, 5) is 0. The molecule has 3 rings (SSSR count). The first-order valence-electron chi connectivity index (χ1n) is 8.32. The summed E-state index contributed by atoms with van der Waals surface area (Å²) in [5.74, 6) is 3.49. The van der Waals surface area contributed by atoms with Crippen molar-refractivity contribution in [3.05, 3.63) is 23.8 Å². The molecule has 0 saturated heterocycles. The summed E-state index contributed by atoms with van der Waals surface area (Å²) in [6.45, 7) is 5.95. The van der Waals surface area contributed by atoms with E-state index < -0.39 is 0 Å². The summed E-state index contributed by atoms with van der Waals surface area (Å²) >= 11 is 0. The highest BCUT2D eigenvalue weighted by Crippen LogP contribution is 2.33. The quantitative estimate of drug-likeness (QED) is 0.885. The van der Waals surface area contributed by atoms with Crippen LogP contribution >= 0.6 is 0 Å². The Bertz CT molecular complexity index is 472. The molecular weight excluding hydrogens is 262 g/mol. The van der Waals surface area contributed by atoms with Gasteiger partial charge >= 0.3 is 0 Å². The van der Waals surface area contributed by atoms with E-state index in [9.17, 15) is 0 Å². The third kappa shape index (κ3) is 3.91. The van der Waals surface area contributed by atoms with E-state index in [2.05, 4.69) is 31.3 Å². The van der Waals surface area contributed by atoms with Crippen molar-refractivity contribution in [1.29, 1.82) is 0 Å². The molecule has 1 saturated carbocycles. The molecule has 0 radical (unpaired) electrons. The van der Waals surface area contributed by atoms with Crippen molar-refractivity contribution < 1.29 is 9.47 Å². The van der Waals surface area contributed by atoms with Crippen LogP contribution in [0.4, 0.5) is 0 Å². The fourth-order valence-corrected chi connectivity index (χ4v) is 3.67.